The van der Waals surface area contributed by atoms with Crippen molar-refractivity contribution in [2.24, 2.45) is 0 Å². The van der Waals surface area contributed by atoms with Crippen molar-refractivity contribution in [2.75, 3.05) is 25.6 Å². The molecule has 164 valence electrons. The number of nitrogens with one attached hydrogen (secondary N) is 1. The number of hydrogen-bond acceptors (Lipinski definition) is 3. The summed E-state index contributed by atoms with van der Waals surface area (Å²) in [6.45, 7) is 0.557. The summed E-state index contributed by atoms with van der Waals surface area (Å²) in [7, 11) is 3.07. The molecule has 0 saturated heterocycles. The normalized spacial score (nSPS) is 11.0. The van der Waals surface area contributed by atoms with E-state index in [9.17, 15) is 9.59 Å². The number of rotatable bonds is 8. The van der Waals surface area contributed by atoms with Crippen molar-refractivity contribution in [3.05, 3.63) is 95.7 Å². The average Bonchev–Trinajstić information content (AvgIpc) is 2.83. The van der Waals surface area contributed by atoms with Crippen molar-refractivity contribution in [3.8, 4) is 11.1 Å². The van der Waals surface area contributed by atoms with Crippen molar-refractivity contribution in [2.45, 2.75) is 6.42 Å². The lowest BCUT2D eigenvalue weighted by atomic mass is 10.0. The van der Waals surface area contributed by atoms with Gasteiger partial charge in [0.2, 0.25) is 5.76 Å². The van der Waals surface area contributed by atoms with Crippen molar-refractivity contribution < 1.29 is 19.4 Å². The van der Waals surface area contributed by atoms with Crippen LogP contribution in [0.4, 0.5) is 10.5 Å². The molecule has 0 heterocycles. The van der Waals surface area contributed by atoms with E-state index in [0.29, 0.717) is 6.54 Å². The Hall–Kier alpha value is -4.06. The van der Waals surface area contributed by atoms with Gasteiger partial charge >= 0.3 is 12.0 Å². The van der Waals surface area contributed by atoms with Gasteiger partial charge in [-0.25, -0.2) is 9.59 Å². The first-order valence-electron chi connectivity index (χ1n) is 10.2. The lowest BCUT2D eigenvalue weighted by Crippen LogP contribution is -2.38. The van der Waals surface area contributed by atoms with Crippen LogP contribution in [0.5, 0.6) is 0 Å². The second-order valence-corrected chi connectivity index (χ2v) is 7.22. The van der Waals surface area contributed by atoms with Gasteiger partial charge in [0, 0.05) is 19.3 Å². The predicted molar refractivity (Wildman–Crippen MR) is 126 cm³/mol. The summed E-state index contributed by atoms with van der Waals surface area (Å²) in [5.74, 6) is -1.24. The van der Waals surface area contributed by atoms with Gasteiger partial charge in [-0.1, -0.05) is 66.7 Å². The van der Waals surface area contributed by atoms with E-state index in [1.165, 1.54) is 18.7 Å². The Bertz CT molecular complexity index is 1090. The molecular formula is C26H26N2O4. The molecule has 0 spiro atoms. The second-order valence-electron chi connectivity index (χ2n) is 7.22. The number of methoxy groups -OCH3 is 1. The number of carbonyl (C=O) groups is 2. The first kappa shape index (κ1) is 22.6. The maximum atomic E-state index is 12.6. The number of urea groups is 1. The Morgan fingerprint density at radius 3 is 2.34 bits per heavy atom. The molecule has 2 N–H and O–H groups in total. The summed E-state index contributed by atoms with van der Waals surface area (Å²) in [6.07, 6.45) is 2.24. The van der Waals surface area contributed by atoms with E-state index in [4.69, 9.17) is 9.84 Å². The zero-order chi connectivity index (χ0) is 22.9. The molecular weight excluding hydrogens is 404 g/mol. The highest BCUT2D eigenvalue weighted by Gasteiger charge is 2.11. The van der Waals surface area contributed by atoms with E-state index in [0.717, 1.165) is 28.8 Å². The number of benzene rings is 3. The van der Waals surface area contributed by atoms with Crippen LogP contribution in [0.1, 0.15) is 11.1 Å². The fourth-order valence-electron chi connectivity index (χ4n) is 3.22. The fraction of sp³-hybridized carbons (Fsp3) is 0.154. The van der Waals surface area contributed by atoms with E-state index in [2.05, 4.69) is 5.32 Å². The molecule has 0 atom stereocenters. The van der Waals surface area contributed by atoms with Crippen molar-refractivity contribution in [1.29, 1.82) is 0 Å². The smallest absolute Gasteiger partial charge is 0.371 e. The molecule has 0 aliphatic carbocycles. The quantitative estimate of drug-likeness (QED) is 0.397. The van der Waals surface area contributed by atoms with Gasteiger partial charge in [-0.2, -0.15) is 0 Å². The van der Waals surface area contributed by atoms with Gasteiger partial charge in [0.05, 0.1) is 7.11 Å². The van der Waals surface area contributed by atoms with E-state index in [1.807, 2.05) is 78.9 Å². The number of amides is 2. The lowest BCUT2D eigenvalue weighted by Gasteiger charge is -2.19. The first-order chi connectivity index (χ1) is 15.5. The first-order valence-corrected chi connectivity index (χ1v) is 10.2. The third-order valence-electron chi connectivity index (χ3n) is 5.04. The molecule has 3 aromatic rings. The van der Waals surface area contributed by atoms with Crippen LogP contribution in [0.25, 0.3) is 17.2 Å². The van der Waals surface area contributed by atoms with Gasteiger partial charge < -0.3 is 15.2 Å². The van der Waals surface area contributed by atoms with Crippen molar-refractivity contribution >= 4 is 23.8 Å². The maximum Gasteiger partial charge on any atom is 0.371 e. The van der Waals surface area contributed by atoms with Gasteiger partial charge in [0.25, 0.3) is 0 Å². The van der Waals surface area contributed by atoms with Crippen LogP contribution in [0.2, 0.25) is 0 Å². The third kappa shape index (κ3) is 5.98. The number of aliphatic carboxylic acids is 1. The third-order valence-corrected chi connectivity index (χ3v) is 5.04. The van der Waals surface area contributed by atoms with Crippen LogP contribution in [0.3, 0.4) is 0 Å². The summed E-state index contributed by atoms with van der Waals surface area (Å²) in [5, 5.41) is 12.0. The number of carboxylic acid groups (broad SMARTS) is 1. The predicted octanol–water partition coefficient (Wildman–Crippen LogP) is 4.81. The molecule has 0 unspecified atom stereocenters. The van der Waals surface area contributed by atoms with Crippen molar-refractivity contribution in [1.82, 2.24) is 5.32 Å². The molecule has 2 amide bonds. The Morgan fingerprint density at radius 2 is 1.69 bits per heavy atom. The van der Waals surface area contributed by atoms with Gasteiger partial charge in [0.1, 0.15) is 0 Å². The van der Waals surface area contributed by atoms with Crippen LogP contribution in [-0.2, 0) is 16.0 Å². The summed E-state index contributed by atoms with van der Waals surface area (Å²) < 4.78 is 4.87. The number of hydrogen-bond donors (Lipinski definition) is 2. The molecule has 0 aromatic heterocycles. The van der Waals surface area contributed by atoms with Gasteiger partial charge in [-0.15, -0.1) is 0 Å². The topological polar surface area (TPSA) is 78.9 Å². The Morgan fingerprint density at radius 1 is 0.969 bits per heavy atom. The minimum atomic E-state index is -1.12. The molecule has 0 radical (unpaired) electrons. The van der Waals surface area contributed by atoms with E-state index in [1.54, 1.807) is 11.9 Å². The summed E-state index contributed by atoms with van der Waals surface area (Å²) in [5.41, 5.74) is 4.58. The highest BCUT2D eigenvalue weighted by molar-refractivity contribution is 5.92. The molecule has 3 aromatic carbocycles. The van der Waals surface area contributed by atoms with Crippen LogP contribution in [0.15, 0.2) is 84.6 Å². The zero-order valence-electron chi connectivity index (χ0n) is 18.1. The summed E-state index contributed by atoms with van der Waals surface area (Å²) in [6, 6.07) is 25.0. The summed E-state index contributed by atoms with van der Waals surface area (Å²) >= 11 is 0. The minimum Gasteiger partial charge on any atom is -0.490 e. The molecule has 0 aliphatic rings. The Labute approximate surface area is 187 Å². The van der Waals surface area contributed by atoms with Crippen molar-refractivity contribution in [3.63, 3.8) is 0 Å². The molecule has 0 aliphatic heterocycles. The highest BCUT2D eigenvalue weighted by atomic mass is 16.5. The van der Waals surface area contributed by atoms with Gasteiger partial charge in [0.15, 0.2) is 0 Å². The molecule has 3 rings (SSSR count). The van der Waals surface area contributed by atoms with E-state index in [-0.39, 0.29) is 11.8 Å². The number of ether oxygens (including phenoxy) is 1. The highest BCUT2D eigenvalue weighted by Crippen LogP contribution is 2.25. The number of carboxylic acids is 1. The largest absolute Gasteiger partial charge is 0.490 e. The fourth-order valence-corrected chi connectivity index (χ4v) is 3.22. The second kappa shape index (κ2) is 10.8. The van der Waals surface area contributed by atoms with Crippen LogP contribution >= 0.6 is 0 Å². The average molecular weight is 431 g/mol. The van der Waals surface area contributed by atoms with Crippen LogP contribution in [0, 0.1) is 0 Å². The molecule has 0 saturated carbocycles. The standard InChI is InChI=1S/C26H26N2O4/c1-28(26(31)27-16-15-19-7-4-3-5-8-19)23-10-6-9-22(18-23)21-13-11-20(12-14-21)17-24(32-2)25(29)30/h3-14,17-18H,15-16H2,1-2H3,(H,27,31)(H,29,30). The maximum absolute atomic E-state index is 12.6. The van der Waals surface area contributed by atoms with Crippen LogP contribution in [-0.4, -0.2) is 37.8 Å². The minimum absolute atomic E-state index is 0.125. The monoisotopic (exact) mass is 430 g/mol. The number of anilines is 1. The summed E-state index contributed by atoms with van der Waals surface area (Å²) in [4.78, 5) is 25.2. The molecule has 0 bridgehead atoms. The van der Waals surface area contributed by atoms with Gasteiger partial charge in [-0.3, -0.25) is 4.90 Å². The zero-order valence-corrected chi connectivity index (χ0v) is 18.1. The SMILES string of the molecule is COC(=Cc1ccc(-c2cccc(N(C)C(=O)NCCc3ccccc3)c2)cc1)C(=O)O. The molecule has 6 nitrogen and oxygen atoms in total. The lowest BCUT2D eigenvalue weighted by molar-refractivity contribution is -0.135. The van der Waals surface area contributed by atoms with E-state index < -0.39 is 5.97 Å². The van der Waals surface area contributed by atoms with Crippen LogP contribution < -0.4 is 10.2 Å². The van der Waals surface area contributed by atoms with Gasteiger partial charge in [-0.05, 0) is 46.9 Å². The molecule has 6 heteroatoms. The number of carbonyl (C=O) groups excluding carboxylic acids is 1. The molecule has 32 heavy (non-hydrogen) atoms. The Balaban J connectivity index is 1.66. The van der Waals surface area contributed by atoms with E-state index >= 15 is 0 Å². The molecule has 0 fully saturated rings. The number of nitrogens with zero attached hydrogens (tertiary/aromatic N) is 1. The Kier molecular flexibility index (Phi) is 7.65.